The van der Waals surface area contributed by atoms with E-state index in [-0.39, 0.29) is 46.8 Å². The van der Waals surface area contributed by atoms with Crippen LogP contribution >= 0.6 is 0 Å². The third-order valence-electron chi connectivity index (χ3n) is 8.86. The zero-order valence-corrected chi connectivity index (χ0v) is 25.2. The lowest BCUT2D eigenvalue weighted by molar-refractivity contribution is -0.258. The van der Waals surface area contributed by atoms with Gasteiger partial charge in [0, 0.05) is 49.5 Å². The standard InChI is InChI=1S/C31H37N3O11/c1-14-17(44-20-13-42-10-9-33-20)7-8-21(43-14)45-19-12-31(40,30(39)34-32-2)11-16-23(19)29(38)25-24(27(16)36)26(35)15-5-4-6-18(41-3)22(15)28(25)37/h4-6,14,17,19-21,32-33,36,38,40H,7-13H2,1-3H3,(H,34,39)/t14-,17-,19-,20?,21?,31-/m0/s1. The molecule has 1 amide bonds. The second-order valence-corrected chi connectivity index (χ2v) is 11.7. The lowest BCUT2D eigenvalue weighted by atomic mass is 9.72. The van der Waals surface area contributed by atoms with Crippen molar-refractivity contribution in [1.29, 1.82) is 0 Å². The Hall–Kier alpha value is -3.63. The van der Waals surface area contributed by atoms with E-state index in [9.17, 15) is 29.7 Å². The summed E-state index contributed by atoms with van der Waals surface area (Å²) in [7, 11) is 2.81. The first-order valence-electron chi connectivity index (χ1n) is 14.9. The van der Waals surface area contributed by atoms with Crippen molar-refractivity contribution in [3.63, 3.8) is 0 Å². The number of hydrazine groups is 1. The summed E-state index contributed by atoms with van der Waals surface area (Å²) in [6.07, 6.45) is -2.90. The predicted octanol–water partition coefficient (Wildman–Crippen LogP) is 0.724. The highest BCUT2D eigenvalue weighted by molar-refractivity contribution is 6.31. The molecular weight excluding hydrogens is 590 g/mol. The molecule has 242 valence electrons. The molecule has 2 aromatic carbocycles. The van der Waals surface area contributed by atoms with E-state index in [1.165, 1.54) is 32.4 Å². The SMILES string of the molecule is CNNC(=O)[C@]1(O)Cc2c(O)c3c(c(O)c2[C@@H](OC2CC[C@H](OC4COCCN4)[C@H](C)O2)C1)C(=O)c1c(OC)cccc1C3=O. The van der Waals surface area contributed by atoms with Gasteiger partial charge in [-0.15, -0.1) is 0 Å². The second-order valence-electron chi connectivity index (χ2n) is 11.7. The number of carbonyl (C=O) groups is 3. The monoisotopic (exact) mass is 627 g/mol. The van der Waals surface area contributed by atoms with Crippen LogP contribution in [0.25, 0.3) is 0 Å². The molecule has 0 bridgehead atoms. The Bertz CT molecular complexity index is 1520. The minimum Gasteiger partial charge on any atom is -0.507 e. The molecule has 45 heavy (non-hydrogen) atoms. The molecule has 0 spiro atoms. The summed E-state index contributed by atoms with van der Waals surface area (Å²) in [6.45, 7) is 3.54. The quantitative estimate of drug-likeness (QED) is 0.159. The van der Waals surface area contributed by atoms with Crippen molar-refractivity contribution < 1.29 is 53.4 Å². The molecule has 14 nitrogen and oxygen atoms in total. The van der Waals surface area contributed by atoms with Crippen molar-refractivity contribution in [2.45, 2.75) is 69.0 Å². The molecule has 0 aromatic heterocycles. The Kier molecular flexibility index (Phi) is 8.56. The molecule has 2 saturated heterocycles. The second kappa shape index (κ2) is 12.3. The minimum absolute atomic E-state index is 0.00846. The Balaban J connectivity index is 1.37. The van der Waals surface area contributed by atoms with Crippen LogP contribution in [-0.2, 0) is 30.2 Å². The Morgan fingerprint density at radius 3 is 2.56 bits per heavy atom. The normalized spacial score (nSPS) is 29.4. The van der Waals surface area contributed by atoms with Gasteiger partial charge in [0.05, 0.1) is 55.3 Å². The number of benzene rings is 2. The number of ketones is 2. The van der Waals surface area contributed by atoms with E-state index in [4.69, 9.17) is 23.7 Å². The number of amides is 1. The van der Waals surface area contributed by atoms with Crippen LogP contribution in [0.3, 0.4) is 0 Å². The maximum Gasteiger partial charge on any atom is 0.266 e. The third kappa shape index (κ3) is 5.46. The average Bonchev–Trinajstić information content (AvgIpc) is 3.03. The summed E-state index contributed by atoms with van der Waals surface area (Å²) >= 11 is 0. The van der Waals surface area contributed by atoms with E-state index in [2.05, 4.69) is 16.2 Å². The molecule has 6 rings (SSSR count). The molecule has 2 heterocycles. The number of aromatic hydroxyl groups is 2. The number of hydrogen-bond donors (Lipinski definition) is 6. The van der Waals surface area contributed by atoms with E-state index in [0.717, 1.165) is 0 Å². The van der Waals surface area contributed by atoms with Gasteiger partial charge in [0.25, 0.3) is 5.91 Å². The highest BCUT2D eigenvalue weighted by atomic mass is 16.7. The van der Waals surface area contributed by atoms with Crippen LogP contribution in [0.15, 0.2) is 18.2 Å². The van der Waals surface area contributed by atoms with Gasteiger partial charge in [-0.05, 0) is 19.4 Å². The van der Waals surface area contributed by atoms with Crippen molar-refractivity contribution in [1.82, 2.24) is 16.2 Å². The Morgan fingerprint density at radius 1 is 1.09 bits per heavy atom. The van der Waals surface area contributed by atoms with Crippen LogP contribution < -0.4 is 20.9 Å². The predicted molar refractivity (Wildman–Crippen MR) is 155 cm³/mol. The van der Waals surface area contributed by atoms with Crippen molar-refractivity contribution in [3.05, 3.63) is 51.6 Å². The topological polar surface area (TPSA) is 194 Å². The molecule has 0 saturated carbocycles. The summed E-state index contributed by atoms with van der Waals surface area (Å²) in [5.74, 6) is -3.32. The summed E-state index contributed by atoms with van der Waals surface area (Å²) in [5, 5.41) is 38.1. The molecule has 6 atom stereocenters. The number of hydrogen-bond acceptors (Lipinski definition) is 13. The fraction of sp³-hybridized carbons (Fsp3) is 0.516. The third-order valence-corrected chi connectivity index (χ3v) is 8.86. The van der Waals surface area contributed by atoms with Crippen LogP contribution in [0.2, 0.25) is 0 Å². The van der Waals surface area contributed by atoms with Crippen molar-refractivity contribution >= 4 is 17.5 Å². The van der Waals surface area contributed by atoms with Crippen molar-refractivity contribution in [2.75, 3.05) is 33.9 Å². The molecule has 2 aliphatic carbocycles. The van der Waals surface area contributed by atoms with Crippen LogP contribution in [0.4, 0.5) is 0 Å². The molecule has 2 aliphatic heterocycles. The molecule has 4 aliphatic rings. The Morgan fingerprint density at radius 2 is 1.87 bits per heavy atom. The number of phenols is 2. The van der Waals surface area contributed by atoms with Crippen LogP contribution in [0.1, 0.15) is 75.3 Å². The number of rotatable bonds is 7. The number of morpholine rings is 1. The molecule has 14 heteroatoms. The number of aliphatic hydroxyl groups is 1. The molecule has 6 N–H and O–H groups in total. The number of nitrogens with one attached hydrogen (secondary N) is 3. The molecule has 2 unspecified atom stereocenters. The lowest BCUT2D eigenvalue weighted by Gasteiger charge is -2.42. The van der Waals surface area contributed by atoms with Crippen LogP contribution in [0.5, 0.6) is 17.2 Å². The minimum atomic E-state index is -2.12. The summed E-state index contributed by atoms with van der Waals surface area (Å²) in [6, 6.07) is 4.48. The first kappa shape index (κ1) is 31.4. The summed E-state index contributed by atoms with van der Waals surface area (Å²) in [4.78, 5) is 40.6. The van der Waals surface area contributed by atoms with Gasteiger partial charge < -0.3 is 39.0 Å². The van der Waals surface area contributed by atoms with E-state index < -0.39 is 70.6 Å². The van der Waals surface area contributed by atoms with Gasteiger partial charge in [0.15, 0.2) is 17.7 Å². The smallest absolute Gasteiger partial charge is 0.266 e. The first-order valence-corrected chi connectivity index (χ1v) is 14.9. The first-order chi connectivity index (χ1) is 21.6. The van der Waals surface area contributed by atoms with Gasteiger partial charge >= 0.3 is 0 Å². The highest BCUT2D eigenvalue weighted by Crippen LogP contribution is 2.52. The fourth-order valence-electron chi connectivity index (χ4n) is 6.67. The Labute approximate surface area is 258 Å². The summed E-state index contributed by atoms with van der Waals surface area (Å²) in [5.41, 5.74) is 1.76. The molecular formula is C31H37N3O11. The maximum atomic E-state index is 13.8. The van der Waals surface area contributed by atoms with Gasteiger partial charge in [-0.3, -0.25) is 25.1 Å². The lowest BCUT2D eigenvalue weighted by Crippen LogP contribution is -2.55. The maximum absolute atomic E-state index is 13.8. The molecule has 2 aromatic rings. The van der Waals surface area contributed by atoms with Gasteiger partial charge in [0.1, 0.15) is 23.5 Å². The number of fused-ring (bicyclic) bond motifs is 3. The van der Waals surface area contributed by atoms with E-state index in [0.29, 0.717) is 32.6 Å². The van der Waals surface area contributed by atoms with E-state index in [1.807, 2.05) is 6.92 Å². The molecule has 0 radical (unpaired) electrons. The van der Waals surface area contributed by atoms with Crippen LogP contribution in [-0.4, -0.2) is 97.0 Å². The highest BCUT2D eigenvalue weighted by Gasteiger charge is 2.50. The zero-order chi connectivity index (χ0) is 32.0. The largest absolute Gasteiger partial charge is 0.507 e. The average molecular weight is 628 g/mol. The van der Waals surface area contributed by atoms with Gasteiger partial charge in [-0.25, -0.2) is 5.43 Å². The summed E-state index contributed by atoms with van der Waals surface area (Å²) < 4.78 is 29.4. The van der Waals surface area contributed by atoms with E-state index in [1.54, 1.807) is 0 Å². The number of ether oxygens (including phenoxy) is 5. The fourth-order valence-corrected chi connectivity index (χ4v) is 6.67. The number of methoxy groups -OCH3 is 1. The van der Waals surface area contributed by atoms with Gasteiger partial charge in [0.2, 0.25) is 5.78 Å². The van der Waals surface area contributed by atoms with Gasteiger partial charge in [-0.2, -0.15) is 0 Å². The van der Waals surface area contributed by atoms with Gasteiger partial charge in [-0.1, -0.05) is 12.1 Å². The molecule has 2 fully saturated rings. The van der Waals surface area contributed by atoms with Crippen molar-refractivity contribution in [3.8, 4) is 17.2 Å². The van der Waals surface area contributed by atoms with Crippen molar-refractivity contribution in [2.24, 2.45) is 0 Å². The van der Waals surface area contributed by atoms with Crippen LogP contribution in [0, 0.1) is 0 Å². The number of phenolic OH excluding ortho intramolecular Hbond substituents is 2. The zero-order valence-electron chi connectivity index (χ0n) is 25.2. The number of carbonyl (C=O) groups excluding carboxylic acids is 3. The van der Waals surface area contributed by atoms with E-state index >= 15 is 0 Å².